The van der Waals surface area contributed by atoms with E-state index in [1.165, 1.54) is 5.56 Å². The highest BCUT2D eigenvalue weighted by molar-refractivity contribution is 7.07. The van der Waals surface area contributed by atoms with E-state index in [-0.39, 0.29) is 17.9 Å². The van der Waals surface area contributed by atoms with Crippen LogP contribution in [0.15, 0.2) is 16.8 Å². The number of likely N-dealkylation sites (tertiary alicyclic amines) is 1. The number of carbonyl (C=O) groups is 2. The molecule has 1 atom stereocenters. The molecule has 2 heterocycles. The maximum Gasteiger partial charge on any atom is 0.306 e. The van der Waals surface area contributed by atoms with E-state index in [9.17, 15) is 9.59 Å². The molecule has 20 heavy (non-hydrogen) atoms. The zero-order valence-corrected chi connectivity index (χ0v) is 12.4. The van der Waals surface area contributed by atoms with E-state index in [1.54, 1.807) is 16.2 Å². The van der Waals surface area contributed by atoms with Gasteiger partial charge in [-0.15, -0.1) is 0 Å². The SMILES string of the molecule is CC(NCC(=O)N1CCC(C(=O)O)CC1)c1ccsc1. The Bertz CT molecular complexity index is 453. The Balaban J connectivity index is 1.74. The van der Waals surface area contributed by atoms with Crippen LogP contribution in [0.25, 0.3) is 0 Å². The highest BCUT2D eigenvalue weighted by Gasteiger charge is 2.26. The molecule has 110 valence electrons. The summed E-state index contributed by atoms with van der Waals surface area (Å²) in [5, 5.41) is 16.2. The lowest BCUT2D eigenvalue weighted by atomic mass is 9.97. The largest absolute Gasteiger partial charge is 0.481 e. The summed E-state index contributed by atoms with van der Waals surface area (Å²) < 4.78 is 0. The van der Waals surface area contributed by atoms with Crippen molar-refractivity contribution >= 4 is 23.2 Å². The quantitative estimate of drug-likeness (QED) is 0.868. The summed E-state index contributed by atoms with van der Waals surface area (Å²) in [6.07, 6.45) is 1.11. The predicted octanol–water partition coefficient (Wildman–Crippen LogP) is 1.72. The molecule has 1 aliphatic heterocycles. The zero-order valence-electron chi connectivity index (χ0n) is 11.5. The van der Waals surface area contributed by atoms with Gasteiger partial charge in [-0.1, -0.05) is 0 Å². The number of hydrogen-bond donors (Lipinski definition) is 2. The molecule has 1 saturated heterocycles. The summed E-state index contributed by atoms with van der Waals surface area (Å²) in [4.78, 5) is 24.7. The van der Waals surface area contributed by atoms with Gasteiger partial charge in [0, 0.05) is 19.1 Å². The smallest absolute Gasteiger partial charge is 0.306 e. The van der Waals surface area contributed by atoms with Crippen LogP contribution in [0.3, 0.4) is 0 Å². The normalized spacial score (nSPS) is 17.9. The van der Waals surface area contributed by atoms with Crippen LogP contribution in [0, 0.1) is 5.92 Å². The number of amides is 1. The minimum absolute atomic E-state index is 0.0518. The van der Waals surface area contributed by atoms with Crippen LogP contribution in [0.4, 0.5) is 0 Å². The molecule has 1 amide bonds. The highest BCUT2D eigenvalue weighted by atomic mass is 32.1. The maximum absolute atomic E-state index is 12.1. The molecule has 6 heteroatoms. The summed E-state index contributed by atoms with van der Waals surface area (Å²) in [6.45, 7) is 3.43. The van der Waals surface area contributed by atoms with Crippen molar-refractivity contribution in [2.45, 2.75) is 25.8 Å². The number of rotatable bonds is 5. The average Bonchev–Trinajstić information content (AvgIpc) is 2.98. The van der Waals surface area contributed by atoms with E-state index in [0.29, 0.717) is 32.5 Å². The molecule has 1 fully saturated rings. The fourth-order valence-corrected chi connectivity index (χ4v) is 3.12. The van der Waals surface area contributed by atoms with Gasteiger partial charge in [-0.05, 0) is 42.2 Å². The lowest BCUT2D eigenvalue weighted by molar-refractivity contribution is -0.145. The first kappa shape index (κ1) is 15.0. The number of hydrogen-bond acceptors (Lipinski definition) is 4. The van der Waals surface area contributed by atoms with E-state index in [2.05, 4.69) is 10.7 Å². The van der Waals surface area contributed by atoms with Gasteiger partial charge in [-0.3, -0.25) is 9.59 Å². The van der Waals surface area contributed by atoms with Gasteiger partial charge >= 0.3 is 5.97 Å². The van der Waals surface area contributed by atoms with Gasteiger partial charge in [-0.2, -0.15) is 11.3 Å². The summed E-state index contributed by atoms with van der Waals surface area (Å²) >= 11 is 1.64. The third-order valence-corrected chi connectivity index (χ3v) is 4.50. The summed E-state index contributed by atoms with van der Waals surface area (Å²) in [5.74, 6) is -0.992. The van der Waals surface area contributed by atoms with E-state index >= 15 is 0 Å². The predicted molar refractivity (Wildman–Crippen MR) is 77.7 cm³/mol. The van der Waals surface area contributed by atoms with Crippen molar-refractivity contribution in [1.29, 1.82) is 0 Å². The van der Waals surface area contributed by atoms with Crippen LogP contribution < -0.4 is 5.32 Å². The summed E-state index contributed by atoms with van der Waals surface area (Å²) in [5.41, 5.74) is 1.19. The average molecular weight is 296 g/mol. The second kappa shape index (κ2) is 6.85. The monoisotopic (exact) mass is 296 g/mol. The summed E-state index contributed by atoms with van der Waals surface area (Å²) in [7, 11) is 0. The molecule has 1 aromatic heterocycles. The molecule has 0 aliphatic carbocycles. The molecule has 1 aliphatic rings. The van der Waals surface area contributed by atoms with Crippen molar-refractivity contribution < 1.29 is 14.7 Å². The van der Waals surface area contributed by atoms with Gasteiger partial charge in [-0.25, -0.2) is 0 Å². The molecule has 0 radical (unpaired) electrons. The number of aliphatic carboxylic acids is 1. The van der Waals surface area contributed by atoms with Gasteiger partial charge in [0.25, 0.3) is 0 Å². The Morgan fingerprint density at radius 2 is 2.20 bits per heavy atom. The van der Waals surface area contributed by atoms with Crippen LogP contribution in [0.5, 0.6) is 0 Å². The van der Waals surface area contributed by atoms with Crippen molar-refractivity contribution in [3.63, 3.8) is 0 Å². The van der Waals surface area contributed by atoms with E-state index < -0.39 is 5.97 Å². The van der Waals surface area contributed by atoms with Crippen molar-refractivity contribution in [3.05, 3.63) is 22.4 Å². The van der Waals surface area contributed by atoms with Gasteiger partial charge in [0.1, 0.15) is 0 Å². The lowest BCUT2D eigenvalue weighted by Crippen LogP contribution is -2.44. The van der Waals surface area contributed by atoms with Crippen molar-refractivity contribution in [2.24, 2.45) is 5.92 Å². The standard InChI is InChI=1S/C14H20N2O3S/c1-10(12-4-7-20-9-12)15-8-13(17)16-5-2-11(3-6-16)14(18)19/h4,7,9-11,15H,2-3,5-6,8H2,1H3,(H,18,19). The van der Waals surface area contributed by atoms with Crippen LogP contribution in [0.1, 0.15) is 31.4 Å². The Kier molecular flexibility index (Phi) is 5.14. The van der Waals surface area contributed by atoms with Crippen molar-refractivity contribution in [3.8, 4) is 0 Å². The fraction of sp³-hybridized carbons (Fsp3) is 0.571. The van der Waals surface area contributed by atoms with Gasteiger partial charge in [0.2, 0.25) is 5.91 Å². The van der Waals surface area contributed by atoms with Crippen LogP contribution in [-0.2, 0) is 9.59 Å². The van der Waals surface area contributed by atoms with E-state index in [0.717, 1.165) is 0 Å². The number of nitrogens with one attached hydrogen (secondary N) is 1. The Morgan fingerprint density at radius 1 is 1.50 bits per heavy atom. The highest BCUT2D eigenvalue weighted by Crippen LogP contribution is 2.18. The van der Waals surface area contributed by atoms with Crippen LogP contribution in [-0.4, -0.2) is 41.5 Å². The molecule has 2 N–H and O–H groups in total. The molecule has 2 rings (SSSR count). The molecule has 0 saturated carbocycles. The Hall–Kier alpha value is -1.40. The zero-order chi connectivity index (χ0) is 14.5. The number of thiophene rings is 1. The molecular formula is C14H20N2O3S. The fourth-order valence-electron chi connectivity index (χ4n) is 2.37. The molecule has 0 bridgehead atoms. The minimum atomic E-state index is -0.749. The number of carboxylic acids is 1. The first-order valence-electron chi connectivity index (χ1n) is 6.84. The second-order valence-electron chi connectivity index (χ2n) is 5.15. The number of carboxylic acid groups (broad SMARTS) is 1. The first-order valence-corrected chi connectivity index (χ1v) is 7.78. The third-order valence-electron chi connectivity index (χ3n) is 3.80. The molecule has 1 unspecified atom stereocenters. The molecule has 1 aromatic rings. The first-order chi connectivity index (χ1) is 9.58. The van der Waals surface area contributed by atoms with Crippen molar-refractivity contribution in [1.82, 2.24) is 10.2 Å². The number of piperidine rings is 1. The van der Waals surface area contributed by atoms with Crippen LogP contribution >= 0.6 is 11.3 Å². The van der Waals surface area contributed by atoms with Gasteiger partial charge < -0.3 is 15.3 Å². The second-order valence-corrected chi connectivity index (χ2v) is 5.93. The topological polar surface area (TPSA) is 69.6 Å². The number of nitrogens with zero attached hydrogens (tertiary/aromatic N) is 1. The molecule has 0 spiro atoms. The Morgan fingerprint density at radius 3 is 2.75 bits per heavy atom. The number of carbonyl (C=O) groups excluding carboxylic acids is 1. The molecular weight excluding hydrogens is 276 g/mol. The third kappa shape index (κ3) is 3.80. The van der Waals surface area contributed by atoms with E-state index in [4.69, 9.17) is 5.11 Å². The van der Waals surface area contributed by atoms with Gasteiger partial charge in [0.15, 0.2) is 0 Å². The Labute approximate surface area is 122 Å². The minimum Gasteiger partial charge on any atom is -0.481 e. The molecule has 5 nitrogen and oxygen atoms in total. The van der Waals surface area contributed by atoms with Gasteiger partial charge in [0.05, 0.1) is 12.5 Å². The maximum atomic E-state index is 12.1. The summed E-state index contributed by atoms with van der Waals surface area (Å²) in [6, 6.07) is 2.20. The van der Waals surface area contributed by atoms with Crippen LogP contribution in [0.2, 0.25) is 0 Å². The lowest BCUT2D eigenvalue weighted by Gasteiger charge is -2.30. The van der Waals surface area contributed by atoms with E-state index in [1.807, 2.05) is 18.4 Å². The van der Waals surface area contributed by atoms with Crippen molar-refractivity contribution in [2.75, 3.05) is 19.6 Å². The molecule has 0 aromatic carbocycles.